The molecule has 0 amide bonds. The van der Waals surface area contributed by atoms with Crippen LogP contribution in [-0.4, -0.2) is 16.1 Å². The largest absolute Gasteiger partial charge is 0.478 e. The first-order chi connectivity index (χ1) is 9.10. The van der Waals surface area contributed by atoms with Crippen molar-refractivity contribution >= 4 is 11.7 Å². The molecule has 1 aromatic heterocycles. The zero-order valence-corrected chi connectivity index (χ0v) is 10.9. The summed E-state index contributed by atoms with van der Waals surface area (Å²) in [5, 5.41) is 12.1. The number of benzene rings is 1. The smallest absolute Gasteiger partial charge is 0.335 e. The second-order valence-electron chi connectivity index (χ2n) is 4.26. The minimum atomic E-state index is -0.913. The van der Waals surface area contributed by atoms with Gasteiger partial charge in [0.25, 0.3) is 0 Å². The molecule has 0 aliphatic carbocycles. The second-order valence-corrected chi connectivity index (χ2v) is 4.26. The van der Waals surface area contributed by atoms with Crippen molar-refractivity contribution in [1.82, 2.24) is 4.98 Å². The van der Waals surface area contributed by atoms with E-state index in [9.17, 15) is 4.79 Å². The molecule has 0 fully saturated rings. The summed E-state index contributed by atoms with van der Waals surface area (Å²) >= 11 is 0. The summed E-state index contributed by atoms with van der Waals surface area (Å²) in [6.07, 6.45) is 2.54. The van der Waals surface area contributed by atoms with Gasteiger partial charge in [-0.3, -0.25) is 0 Å². The minimum Gasteiger partial charge on any atom is -0.478 e. The van der Waals surface area contributed by atoms with E-state index in [-0.39, 0.29) is 0 Å². The van der Waals surface area contributed by atoms with Gasteiger partial charge in [-0.2, -0.15) is 0 Å². The number of carboxylic acid groups (broad SMARTS) is 1. The fourth-order valence-corrected chi connectivity index (χ4v) is 1.78. The summed E-state index contributed by atoms with van der Waals surface area (Å²) in [7, 11) is 0. The van der Waals surface area contributed by atoms with Gasteiger partial charge in [0.15, 0.2) is 0 Å². The zero-order chi connectivity index (χ0) is 13.8. The van der Waals surface area contributed by atoms with Crippen LogP contribution in [0.5, 0.6) is 0 Å². The molecule has 0 aliphatic rings. The number of carbonyl (C=O) groups is 1. The Morgan fingerprint density at radius 1 is 1.47 bits per heavy atom. The summed E-state index contributed by atoms with van der Waals surface area (Å²) in [6, 6.07) is 5.13. The van der Waals surface area contributed by atoms with Gasteiger partial charge in [0.2, 0.25) is 5.89 Å². The summed E-state index contributed by atoms with van der Waals surface area (Å²) < 4.78 is 5.48. The molecule has 100 valence electrons. The normalized spacial score (nSPS) is 10.4. The number of aromatic carboxylic acids is 1. The number of hydrogen-bond donors (Lipinski definition) is 2. The Morgan fingerprint density at radius 2 is 2.26 bits per heavy atom. The second kappa shape index (κ2) is 5.56. The molecule has 0 aliphatic heterocycles. The van der Waals surface area contributed by atoms with Crippen LogP contribution in [0.3, 0.4) is 0 Å². The molecule has 0 spiro atoms. The highest BCUT2D eigenvalue weighted by Crippen LogP contribution is 2.16. The Hall–Kier alpha value is -2.30. The number of nitrogens with one attached hydrogen (secondary N) is 1. The molecule has 0 radical (unpaired) electrons. The highest BCUT2D eigenvalue weighted by atomic mass is 16.4. The Bertz CT molecular complexity index is 590. The van der Waals surface area contributed by atoms with Gasteiger partial charge in [0.05, 0.1) is 18.3 Å². The number of hydrogen-bond acceptors (Lipinski definition) is 4. The molecular formula is C14H16N2O3. The lowest BCUT2D eigenvalue weighted by Crippen LogP contribution is -2.03. The third kappa shape index (κ3) is 3.13. The van der Waals surface area contributed by atoms with Crippen molar-refractivity contribution in [2.75, 3.05) is 5.32 Å². The number of aromatic nitrogens is 1. The molecule has 0 atom stereocenters. The van der Waals surface area contributed by atoms with Gasteiger partial charge >= 0.3 is 5.97 Å². The Morgan fingerprint density at radius 3 is 2.84 bits per heavy atom. The monoisotopic (exact) mass is 260 g/mol. The summed E-state index contributed by atoms with van der Waals surface area (Å²) in [4.78, 5) is 15.0. The molecule has 5 heteroatoms. The fraction of sp³-hybridized carbons (Fsp3) is 0.286. The van der Waals surface area contributed by atoms with Crippen molar-refractivity contribution in [3.8, 4) is 0 Å². The van der Waals surface area contributed by atoms with Gasteiger partial charge in [-0.15, -0.1) is 0 Å². The van der Waals surface area contributed by atoms with Gasteiger partial charge in [-0.05, 0) is 30.7 Å². The lowest BCUT2D eigenvalue weighted by molar-refractivity contribution is 0.0696. The first-order valence-electron chi connectivity index (χ1n) is 6.11. The van der Waals surface area contributed by atoms with E-state index in [0.717, 1.165) is 23.4 Å². The highest BCUT2D eigenvalue weighted by molar-refractivity contribution is 5.89. The number of aryl methyl sites for hydroxylation is 2. The minimum absolute atomic E-state index is 0.315. The predicted octanol–water partition coefficient (Wildman–Crippen LogP) is 2.86. The van der Waals surface area contributed by atoms with Crippen LogP contribution in [0, 0.1) is 6.92 Å². The molecule has 2 aromatic rings. The van der Waals surface area contributed by atoms with Gasteiger partial charge in [-0.1, -0.05) is 6.92 Å². The molecule has 19 heavy (non-hydrogen) atoms. The maximum Gasteiger partial charge on any atom is 0.335 e. The van der Waals surface area contributed by atoms with Crippen LogP contribution in [0.15, 0.2) is 28.8 Å². The summed E-state index contributed by atoms with van der Waals surface area (Å²) in [5.41, 5.74) is 1.88. The van der Waals surface area contributed by atoms with E-state index in [1.54, 1.807) is 31.3 Å². The van der Waals surface area contributed by atoms with E-state index < -0.39 is 5.97 Å². The van der Waals surface area contributed by atoms with E-state index >= 15 is 0 Å². The van der Waals surface area contributed by atoms with E-state index in [1.807, 2.05) is 6.92 Å². The average molecular weight is 260 g/mol. The summed E-state index contributed by atoms with van der Waals surface area (Å²) in [6.45, 7) is 4.26. The van der Waals surface area contributed by atoms with Crippen molar-refractivity contribution in [3.05, 3.63) is 47.2 Å². The van der Waals surface area contributed by atoms with E-state index in [2.05, 4.69) is 10.3 Å². The molecule has 2 N–H and O–H groups in total. The van der Waals surface area contributed by atoms with E-state index in [0.29, 0.717) is 18.0 Å². The maximum absolute atomic E-state index is 10.9. The SMILES string of the molecule is CCc1cnc(CNc2ccc(C(=O)O)c(C)c2)o1. The lowest BCUT2D eigenvalue weighted by Gasteiger charge is -2.07. The Labute approximate surface area is 111 Å². The van der Waals surface area contributed by atoms with Crippen LogP contribution < -0.4 is 5.32 Å². The van der Waals surface area contributed by atoms with Gasteiger partial charge < -0.3 is 14.8 Å². The molecule has 0 unspecified atom stereocenters. The van der Waals surface area contributed by atoms with Crippen molar-refractivity contribution in [3.63, 3.8) is 0 Å². The maximum atomic E-state index is 10.9. The van der Waals surface area contributed by atoms with Crippen molar-refractivity contribution in [2.45, 2.75) is 26.8 Å². The zero-order valence-electron chi connectivity index (χ0n) is 10.9. The topological polar surface area (TPSA) is 75.4 Å². The number of oxazole rings is 1. The van der Waals surface area contributed by atoms with Crippen LogP contribution in [0.1, 0.15) is 34.5 Å². The van der Waals surface area contributed by atoms with Crippen molar-refractivity contribution in [1.29, 1.82) is 0 Å². The Kier molecular flexibility index (Phi) is 3.85. The van der Waals surface area contributed by atoms with E-state index in [4.69, 9.17) is 9.52 Å². The third-order valence-electron chi connectivity index (χ3n) is 2.85. The standard InChI is InChI=1S/C14H16N2O3/c1-3-11-7-16-13(19-11)8-15-10-4-5-12(14(17)18)9(2)6-10/h4-7,15H,3,8H2,1-2H3,(H,17,18). The Balaban J connectivity index is 2.03. The summed E-state index contributed by atoms with van der Waals surface area (Å²) in [5.74, 6) is 0.565. The first kappa shape index (κ1) is 13.1. The molecule has 0 saturated heterocycles. The fourth-order valence-electron chi connectivity index (χ4n) is 1.78. The average Bonchev–Trinajstić information content (AvgIpc) is 2.84. The molecule has 0 bridgehead atoms. The van der Waals surface area contributed by atoms with Gasteiger partial charge in [0.1, 0.15) is 5.76 Å². The van der Waals surface area contributed by atoms with Crippen LogP contribution in [0.2, 0.25) is 0 Å². The highest BCUT2D eigenvalue weighted by Gasteiger charge is 2.07. The number of rotatable bonds is 5. The lowest BCUT2D eigenvalue weighted by atomic mass is 10.1. The van der Waals surface area contributed by atoms with Gasteiger partial charge in [0, 0.05) is 12.1 Å². The predicted molar refractivity (Wildman–Crippen MR) is 71.3 cm³/mol. The molecule has 1 aromatic carbocycles. The van der Waals surface area contributed by atoms with Crippen LogP contribution >= 0.6 is 0 Å². The van der Waals surface area contributed by atoms with Crippen LogP contribution in [0.4, 0.5) is 5.69 Å². The van der Waals surface area contributed by atoms with Crippen molar-refractivity contribution < 1.29 is 14.3 Å². The molecule has 5 nitrogen and oxygen atoms in total. The quantitative estimate of drug-likeness (QED) is 0.864. The molecule has 0 saturated carbocycles. The van der Waals surface area contributed by atoms with Crippen LogP contribution in [-0.2, 0) is 13.0 Å². The number of nitrogens with zero attached hydrogens (tertiary/aromatic N) is 1. The molecule has 1 heterocycles. The molecular weight excluding hydrogens is 244 g/mol. The first-order valence-corrected chi connectivity index (χ1v) is 6.11. The number of carboxylic acids is 1. The number of anilines is 1. The van der Waals surface area contributed by atoms with Crippen molar-refractivity contribution in [2.24, 2.45) is 0 Å². The van der Waals surface area contributed by atoms with Crippen LogP contribution in [0.25, 0.3) is 0 Å². The molecule has 2 rings (SSSR count). The third-order valence-corrected chi connectivity index (χ3v) is 2.85. The van der Waals surface area contributed by atoms with Gasteiger partial charge in [-0.25, -0.2) is 9.78 Å². The van der Waals surface area contributed by atoms with E-state index in [1.165, 1.54) is 0 Å².